The second-order valence-corrected chi connectivity index (χ2v) is 4.73. The summed E-state index contributed by atoms with van der Waals surface area (Å²) in [5.74, 6) is 0.0575. The Bertz CT molecular complexity index is 336. The molecule has 0 aliphatic heterocycles. The van der Waals surface area contributed by atoms with Gasteiger partial charge in [0.1, 0.15) is 5.25 Å². The van der Waals surface area contributed by atoms with E-state index in [2.05, 4.69) is 6.07 Å². The third kappa shape index (κ3) is 3.96. The highest BCUT2D eigenvalue weighted by molar-refractivity contribution is 7.99. The van der Waals surface area contributed by atoms with Crippen LogP contribution in [-0.2, 0) is 10.5 Å². The average molecular weight is 224 g/mol. The molecule has 1 unspecified atom stereocenters. The van der Waals surface area contributed by atoms with Crippen molar-refractivity contribution in [2.45, 2.75) is 31.3 Å². The minimum absolute atomic E-state index is 0.287. The van der Waals surface area contributed by atoms with Gasteiger partial charge in [0.15, 0.2) is 0 Å². The standard InChI is InChI=1S/C12H16O2S/c1-3-11(12(13)14)15-8-10-6-4-5-9(2)7-10/h4-7,11H,3,8H2,1-2H3,(H,13,14). The van der Waals surface area contributed by atoms with Gasteiger partial charge in [0.05, 0.1) is 0 Å². The van der Waals surface area contributed by atoms with E-state index in [1.165, 1.54) is 22.9 Å². The summed E-state index contributed by atoms with van der Waals surface area (Å²) in [5.41, 5.74) is 2.41. The highest BCUT2D eigenvalue weighted by Crippen LogP contribution is 2.20. The maximum absolute atomic E-state index is 10.8. The monoisotopic (exact) mass is 224 g/mol. The molecule has 1 atom stereocenters. The van der Waals surface area contributed by atoms with Crippen LogP contribution < -0.4 is 0 Å². The van der Waals surface area contributed by atoms with Crippen molar-refractivity contribution >= 4 is 17.7 Å². The maximum atomic E-state index is 10.8. The highest BCUT2D eigenvalue weighted by Gasteiger charge is 2.14. The molecule has 0 spiro atoms. The van der Waals surface area contributed by atoms with Gasteiger partial charge in [0, 0.05) is 5.75 Å². The molecule has 3 heteroatoms. The third-order valence-corrected chi connectivity index (χ3v) is 3.62. The van der Waals surface area contributed by atoms with Crippen LogP contribution in [0.5, 0.6) is 0 Å². The lowest BCUT2D eigenvalue weighted by Crippen LogP contribution is -2.15. The molecule has 1 rings (SSSR count). The van der Waals surface area contributed by atoms with E-state index in [1.54, 1.807) is 0 Å². The lowest BCUT2D eigenvalue weighted by atomic mass is 10.2. The number of hydrogen-bond donors (Lipinski definition) is 1. The van der Waals surface area contributed by atoms with E-state index in [9.17, 15) is 4.79 Å². The number of thioether (sulfide) groups is 1. The number of hydrogen-bond acceptors (Lipinski definition) is 2. The van der Waals surface area contributed by atoms with E-state index in [-0.39, 0.29) is 5.25 Å². The molecular formula is C12H16O2S. The molecule has 1 N–H and O–H groups in total. The Labute approximate surface area is 94.7 Å². The molecule has 0 amide bonds. The fourth-order valence-corrected chi connectivity index (χ4v) is 2.31. The van der Waals surface area contributed by atoms with Gasteiger partial charge in [-0.25, -0.2) is 0 Å². The summed E-state index contributed by atoms with van der Waals surface area (Å²) in [4.78, 5) is 10.8. The largest absolute Gasteiger partial charge is 0.480 e. The summed E-state index contributed by atoms with van der Waals surface area (Å²) in [6.45, 7) is 3.95. The van der Waals surface area contributed by atoms with Crippen molar-refractivity contribution in [3.8, 4) is 0 Å². The van der Waals surface area contributed by atoms with Crippen LogP contribution in [0.2, 0.25) is 0 Å². The van der Waals surface area contributed by atoms with Crippen molar-refractivity contribution in [1.29, 1.82) is 0 Å². The normalized spacial score (nSPS) is 12.4. The van der Waals surface area contributed by atoms with Gasteiger partial charge in [0.2, 0.25) is 0 Å². The molecule has 0 aliphatic carbocycles. The van der Waals surface area contributed by atoms with Gasteiger partial charge in [-0.05, 0) is 18.9 Å². The molecule has 0 heterocycles. The lowest BCUT2D eigenvalue weighted by Gasteiger charge is -2.09. The van der Waals surface area contributed by atoms with Crippen LogP contribution in [0.25, 0.3) is 0 Å². The Hall–Kier alpha value is -0.960. The predicted octanol–water partition coefficient (Wildman–Crippen LogP) is 3.09. The number of carboxylic acids is 1. The molecule has 15 heavy (non-hydrogen) atoms. The van der Waals surface area contributed by atoms with Crippen molar-refractivity contribution in [1.82, 2.24) is 0 Å². The van der Waals surface area contributed by atoms with Crippen LogP contribution in [-0.4, -0.2) is 16.3 Å². The lowest BCUT2D eigenvalue weighted by molar-refractivity contribution is -0.136. The molecule has 1 aromatic rings. The SMILES string of the molecule is CCC(SCc1cccc(C)c1)C(=O)O. The summed E-state index contributed by atoms with van der Waals surface area (Å²) in [7, 11) is 0. The van der Waals surface area contributed by atoms with E-state index in [4.69, 9.17) is 5.11 Å². The first-order chi connectivity index (χ1) is 7.13. The molecule has 1 aromatic carbocycles. The highest BCUT2D eigenvalue weighted by atomic mass is 32.2. The molecule has 0 bridgehead atoms. The van der Waals surface area contributed by atoms with Gasteiger partial charge in [-0.15, -0.1) is 11.8 Å². The molecule has 0 saturated carbocycles. The number of carboxylic acid groups (broad SMARTS) is 1. The average Bonchev–Trinajstić information content (AvgIpc) is 2.18. The van der Waals surface area contributed by atoms with Crippen molar-refractivity contribution in [2.24, 2.45) is 0 Å². The molecule has 0 radical (unpaired) electrons. The summed E-state index contributed by atoms with van der Waals surface area (Å²) >= 11 is 1.49. The van der Waals surface area contributed by atoms with Crippen LogP contribution in [0.3, 0.4) is 0 Å². The quantitative estimate of drug-likeness (QED) is 0.835. The smallest absolute Gasteiger partial charge is 0.316 e. The van der Waals surface area contributed by atoms with E-state index < -0.39 is 5.97 Å². The zero-order valence-electron chi connectivity index (χ0n) is 9.06. The summed E-state index contributed by atoms with van der Waals surface area (Å²) < 4.78 is 0. The van der Waals surface area contributed by atoms with E-state index in [0.29, 0.717) is 6.42 Å². The molecule has 0 saturated heterocycles. The Kier molecular flexibility index (Phi) is 4.69. The number of rotatable bonds is 5. The van der Waals surface area contributed by atoms with Crippen LogP contribution in [0.1, 0.15) is 24.5 Å². The Morgan fingerprint density at radius 2 is 2.27 bits per heavy atom. The fourth-order valence-electron chi connectivity index (χ4n) is 1.36. The molecule has 2 nitrogen and oxygen atoms in total. The molecule has 0 aliphatic rings. The van der Waals surface area contributed by atoms with Gasteiger partial charge < -0.3 is 5.11 Å². The zero-order valence-corrected chi connectivity index (χ0v) is 9.88. The van der Waals surface area contributed by atoms with Crippen molar-refractivity contribution < 1.29 is 9.90 Å². The molecular weight excluding hydrogens is 208 g/mol. The van der Waals surface area contributed by atoms with E-state index in [0.717, 1.165) is 5.75 Å². The van der Waals surface area contributed by atoms with Crippen molar-refractivity contribution in [2.75, 3.05) is 0 Å². The van der Waals surface area contributed by atoms with E-state index in [1.807, 2.05) is 32.0 Å². The molecule has 0 fully saturated rings. The topological polar surface area (TPSA) is 37.3 Å². The van der Waals surface area contributed by atoms with Gasteiger partial charge in [-0.2, -0.15) is 0 Å². The number of carbonyl (C=O) groups is 1. The summed E-state index contributed by atoms with van der Waals surface area (Å²) in [5, 5.41) is 8.60. The van der Waals surface area contributed by atoms with Crippen LogP contribution in [0.15, 0.2) is 24.3 Å². The summed E-state index contributed by atoms with van der Waals surface area (Å²) in [6.07, 6.45) is 0.672. The number of aryl methyl sites for hydroxylation is 1. The fraction of sp³-hybridized carbons (Fsp3) is 0.417. The number of benzene rings is 1. The first-order valence-corrected chi connectivity index (χ1v) is 6.08. The van der Waals surface area contributed by atoms with E-state index >= 15 is 0 Å². The second kappa shape index (κ2) is 5.81. The van der Waals surface area contributed by atoms with Crippen molar-refractivity contribution in [3.05, 3.63) is 35.4 Å². The molecule has 82 valence electrons. The Morgan fingerprint density at radius 1 is 1.53 bits per heavy atom. The minimum atomic E-state index is -0.713. The Morgan fingerprint density at radius 3 is 2.80 bits per heavy atom. The first-order valence-electron chi connectivity index (χ1n) is 5.03. The first kappa shape index (κ1) is 12.1. The Balaban J connectivity index is 2.52. The van der Waals surface area contributed by atoms with Crippen LogP contribution >= 0.6 is 11.8 Å². The predicted molar refractivity (Wildman–Crippen MR) is 64.2 cm³/mol. The summed E-state index contributed by atoms with van der Waals surface area (Å²) in [6, 6.07) is 8.19. The van der Waals surface area contributed by atoms with Gasteiger partial charge in [-0.3, -0.25) is 4.79 Å². The maximum Gasteiger partial charge on any atom is 0.316 e. The van der Waals surface area contributed by atoms with Crippen LogP contribution in [0, 0.1) is 6.92 Å². The third-order valence-electron chi connectivity index (χ3n) is 2.18. The van der Waals surface area contributed by atoms with Gasteiger partial charge >= 0.3 is 5.97 Å². The van der Waals surface area contributed by atoms with Crippen LogP contribution in [0.4, 0.5) is 0 Å². The minimum Gasteiger partial charge on any atom is -0.480 e. The molecule has 0 aromatic heterocycles. The zero-order chi connectivity index (χ0) is 11.3. The van der Waals surface area contributed by atoms with Crippen molar-refractivity contribution in [3.63, 3.8) is 0 Å². The number of aliphatic carboxylic acids is 1. The van der Waals surface area contributed by atoms with Gasteiger partial charge in [0.25, 0.3) is 0 Å². The van der Waals surface area contributed by atoms with Gasteiger partial charge in [-0.1, -0.05) is 36.8 Å². The second-order valence-electron chi connectivity index (χ2n) is 3.54.